The molecule has 6 heteroatoms. The van der Waals surface area contributed by atoms with Crippen LogP contribution in [0.4, 0.5) is 0 Å². The summed E-state index contributed by atoms with van der Waals surface area (Å²) >= 11 is 7.58. The molecule has 27 heavy (non-hydrogen) atoms. The van der Waals surface area contributed by atoms with Gasteiger partial charge in [-0.1, -0.05) is 41.9 Å². The number of amides is 1. The number of carbonyl (C=O) groups is 1. The third-order valence-corrected chi connectivity index (χ3v) is 5.50. The minimum absolute atomic E-state index is 0.0844. The van der Waals surface area contributed by atoms with Gasteiger partial charge in [0.05, 0.1) is 22.0 Å². The van der Waals surface area contributed by atoms with Gasteiger partial charge in [-0.2, -0.15) is 0 Å². The zero-order valence-corrected chi connectivity index (χ0v) is 16.3. The molecule has 2 aromatic carbocycles. The predicted molar refractivity (Wildman–Crippen MR) is 110 cm³/mol. The Morgan fingerprint density at radius 2 is 2.04 bits per heavy atom. The number of halogens is 1. The summed E-state index contributed by atoms with van der Waals surface area (Å²) in [6.07, 6.45) is 0. The molecule has 0 spiro atoms. The van der Waals surface area contributed by atoms with E-state index in [0.717, 1.165) is 22.4 Å². The maximum atomic E-state index is 12.5. The minimum Gasteiger partial charge on any atom is -0.342 e. The van der Waals surface area contributed by atoms with Crippen molar-refractivity contribution in [2.45, 2.75) is 19.5 Å². The van der Waals surface area contributed by atoms with Crippen LogP contribution in [0.15, 0.2) is 66.0 Å². The smallest absolute Gasteiger partial charge is 0.261 e. The summed E-state index contributed by atoms with van der Waals surface area (Å²) in [5.41, 5.74) is 3.03. The fourth-order valence-corrected chi connectivity index (χ4v) is 3.99. The van der Waals surface area contributed by atoms with Gasteiger partial charge in [0.1, 0.15) is 5.82 Å². The van der Waals surface area contributed by atoms with Gasteiger partial charge in [0.2, 0.25) is 0 Å². The Morgan fingerprint density at radius 1 is 1.19 bits per heavy atom. The first-order valence-electron chi connectivity index (χ1n) is 8.66. The first kappa shape index (κ1) is 17.8. The van der Waals surface area contributed by atoms with E-state index in [1.807, 2.05) is 73.0 Å². The molecule has 0 bridgehead atoms. The molecule has 0 fully saturated rings. The molecule has 4 rings (SSSR count). The topological polar surface area (TPSA) is 46.9 Å². The fourth-order valence-electron chi connectivity index (χ4n) is 3.15. The van der Waals surface area contributed by atoms with Crippen molar-refractivity contribution in [2.24, 2.45) is 0 Å². The van der Waals surface area contributed by atoms with E-state index in [1.54, 1.807) is 0 Å². The highest BCUT2D eigenvalue weighted by molar-refractivity contribution is 7.12. The number of hydrogen-bond acceptors (Lipinski definition) is 3. The summed E-state index contributed by atoms with van der Waals surface area (Å²) in [5, 5.41) is 5.66. The van der Waals surface area contributed by atoms with Crippen LogP contribution in [0.2, 0.25) is 5.02 Å². The van der Waals surface area contributed by atoms with E-state index >= 15 is 0 Å². The molecule has 4 nitrogen and oxygen atoms in total. The van der Waals surface area contributed by atoms with Crippen LogP contribution < -0.4 is 5.32 Å². The lowest BCUT2D eigenvalue weighted by atomic mass is 10.2. The van der Waals surface area contributed by atoms with Crippen LogP contribution in [-0.4, -0.2) is 15.5 Å². The van der Waals surface area contributed by atoms with E-state index in [9.17, 15) is 4.79 Å². The summed E-state index contributed by atoms with van der Waals surface area (Å²) < 4.78 is 2.14. The lowest BCUT2D eigenvalue weighted by Crippen LogP contribution is -2.28. The van der Waals surface area contributed by atoms with E-state index < -0.39 is 0 Å². The molecular weight excluding hydrogens is 378 g/mol. The van der Waals surface area contributed by atoms with Crippen LogP contribution in [0.25, 0.3) is 11.0 Å². The Bertz CT molecular complexity index is 1090. The molecule has 136 valence electrons. The number of imidazole rings is 1. The summed E-state index contributed by atoms with van der Waals surface area (Å²) in [6.45, 7) is 2.59. The zero-order chi connectivity index (χ0) is 18.8. The first-order valence-corrected chi connectivity index (χ1v) is 9.91. The second-order valence-electron chi connectivity index (χ2n) is 6.35. The number of benzene rings is 2. The largest absolute Gasteiger partial charge is 0.342 e. The van der Waals surface area contributed by atoms with Crippen molar-refractivity contribution in [2.75, 3.05) is 0 Å². The third-order valence-electron chi connectivity index (χ3n) is 4.39. The van der Waals surface area contributed by atoms with Crippen LogP contribution in [0, 0.1) is 0 Å². The van der Waals surface area contributed by atoms with Gasteiger partial charge in [-0.15, -0.1) is 11.3 Å². The Morgan fingerprint density at radius 3 is 2.81 bits per heavy atom. The molecular formula is C21H18ClN3OS. The van der Waals surface area contributed by atoms with E-state index in [2.05, 4.69) is 9.88 Å². The SMILES string of the molecule is CC(NC(=O)c1cccs1)c1nc2ccccc2n1Cc1cccc(Cl)c1. The lowest BCUT2D eigenvalue weighted by molar-refractivity contribution is 0.0942. The van der Waals surface area contributed by atoms with E-state index in [1.165, 1.54) is 11.3 Å². The molecule has 0 aliphatic carbocycles. The number of para-hydroxylation sites is 2. The summed E-state index contributed by atoms with van der Waals surface area (Å²) in [4.78, 5) is 17.9. The fraction of sp³-hybridized carbons (Fsp3) is 0.143. The Labute approximate surface area is 166 Å². The van der Waals surface area contributed by atoms with E-state index in [4.69, 9.17) is 16.6 Å². The highest BCUT2D eigenvalue weighted by Crippen LogP contribution is 2.23. The van der Waals surface area contributed by atoms with Crippen LogP contribution in [0.1, 0.15) is 34.0 Å². The van der Waals surface area contributed by atoms with Gasteiger partial charge in [0.25, 0.3) is 5.91 Å². The number of thiophene rings is 1. The molecule has 4 aromatic rings. The first-order chi connectivity index (χ1) is 13.1. The van der Waals surface area contributed by atoms with Crippen molar-refractivity contribution in [3.63, 3.8) is 0 Å². The van der Waals surface area contributed by atoms with Gasteiger partial charge in [-0.05, 0) is 48.2 Å². The lowest BCUT2D eigenvalue weighted by Gasteiger charge is -2.16. The van der Waals surface area contributed by atoms with Crippen molar-refractivity contribution in [3.05, 3.63) is 87.3 Å². The van der Waals surface area contributed by atoms with Crippen LogP contribution >= 0.6 is 22.9 Å². The quantitative estimate of drug-likeness (QED) is 0.499. The van der Waals surface area contributed by atoms with Gasteiger partial charge < -0.3 is 9.88 Å². The molecule has 2 aromatic heterocycles. The monoisotopic (exact) mass is 395 g/mol. The molecule has 0 aliphatic rings. The molecule has 0 saturated carbocycles. The molecule has 0 radical (unpaired) electrons. The predicted octanol–water partition coefficient (Wildman–Crippen LogP) is 5.29. The molecule has 2 heterocycles. The number of carbonyl (C=O) groups excluding carboxylic acids is 1. The highest BCUT2D eigenvalue weighted by atomic mass is 35.5. The van der Waals surface area contributed by atoms with E-state index in [0.29, 0.717) is 16.4 Å². The van der Waals surface area contributed by atoms with Crippen molar-refractivity contribution in [3.8, 4) is 0 Å². The van der Waals surface area contributed by atoms with E-state index in [-0.39, 0.29) is 11.9 Å². The molecule has 0 aliphatic heterocycles. The molecule has 0 saturated heterocycles. The van der Waals surface area contributed by atoms with Crippen LogP contribution in [0.3, 0.4) is 0 Å². The number of nitrogens with zero attached hydrogens (tertiary/aromatic N) is 2. The normalized spacial score (nSPS) is 12.2. The summed E-state index contributed by atoms with van der Waals surface area (Å²) in [6, 6.07) is 19.3. The summed E-state index contributed by atoms with van der Waals surface area (Å²) in [7, 11) is 0. The second-order valence-corrected chi connectivity index (χ2v) is 7.73. The molecule has 1 N–H and O–H groups in total. The van der Waals surface area contributed by atoms with Crippen molar-refractivity contribution in [1.29, 1.82) is 0 Å². The van der Waals surface area contributed by atoms with Gasteiger partial charge in [-0.25, -0.2) is 4.98 Å². The average molecular weight is 396 g/mol. The minimum atomic E-state index is -0.230. The Balaban J connectivity index is 1.70. The third kappa shape index (κ3) is 3.75. The molecule has 1 atom stereocenters. The van der Waals surface area contributed by atoms with Gasteiger partial charge in [0, 0.05) is 11.6 Å². The molecule has 1 amide bonds. The zero-order valence-electron chi connectivity index (χ0n) is 14.7. The Kier molecular flexibility index (Phi) is 4.97. The number of aromatic nitrogens is 2. The summed E-state index contributed by atoms with van der Waals surface area (Å²) in [5.74, 6) is 0.736. The number of rotatable bonds is 5. The van der Waals surface area contributed by atoms with Gasteiger partial charge >= 0.3 is 0 Å². The average Bonchev–Trinajstić information content (AvgIpc) is 3.30. The maximum absolute atomic E-state index is 12.5. The number of nitrogens with one attached hydrogen (secondary N) is 1. The van der Waals surface area contributed by atoms with Gasteiger partial charge in [-0.3, -0.25) is 4.79 Å². The highest BCUT2D eigenvalue weighted by Gasteiger charge is 2.19. The van der Waals surface area contributed by atoms with Gasteiger partial charge in [0.15, 0.2) is 0 Å². The van der Waals surface area contributed by atoms with Crippen LogP contribution in [-0.2, 0) is 6.54 Å². The molecule has 1 unspecified atom stereocenters. The maximum Gasteiger partial charge on any atom is 0.261 e. The van der Waals surface area contributed by atoms with Crippen molar-refractivity contribution in [1.82, 2.24) is 14.9 Å². The van der Waals surface area contributed by atoms with Crippen molar-refractivity contribution >= 4 is 39.9 Å². The number of hydrogen-bond donors (Lipinski definition) is 1. The Hall–Kier alpha value is -2.63. The number of fused-ring (bicyclic) bond motifs is 1. The second kappa shape index (κ2) is 7.55. The van der Waals surface area contributed by atoms with Crippen LogP contribution in [0.5, 0.6) is 0 Å². The van der Waals surface area contributed by atoms with Crippen molar-refractivity contribution < 1.29 is 4.79 Å². The standard InChI is InChI=1S/C21H18ClN3OS/c1-14(23-21(26)19-10-5-11-27-19)20-24-17-8-2-3-9-18(17)25(20)13-15-6-4-7-16(22)12-15/h2-12,14H,13H2,1H3,(H,23,26).